The topological polar surface area (TPSA) is 59.6 Å². The lowest BCUT2D eigenvalue weighted by atomic mass is 10.1. The number of imidazole rings is 1. The molecule has 0 aliphatic rings. The van der Waals surface area contributed by atoms with E-state index in [1.165, 1.54) is 0 Å². The summed E-state index contributed by atoms with van der Waals surface area (Å²) in [5.74, 6) is 1.53. The van der Waals surface area contributed by atoms with E-state index in [2.05, 4.69) is 27.3 Å². The fourth-order valence-corrected chi connectivity index (χ4v) is 2.32. The van der Waals surface area contributed by atoms with Crippen LogP contribution in [0.2, 0.25) is 0 Å². The molecule has 0 aliphatic heterocycles. The van der Waals surface area contributed by atoms with Gasteiger partial charge in [0.05, 0.1) is 12.0 Å². The van der Waals surface area contributed by atoms with Crippen LogP contribution in [0.4, 0.5) is 0 Å². The number of aromatic nitrogens is 4. The van der Waals surface area contributed by atoms with Gasteiger partial charge < -0.3 is 4.42 Å². The van der Waals surface area contributed by atoms with Crippen LogP contribution in [-0.4, -0.2) is 19.7 Å². The molecule has 0 saturated carbocycles. The van der Waals surface area contributed by atoms with Gasteiger partial charge in [0.15, 0.2) is 11.6 Å². The molecular formula is C16H12N4O. The van der Waals surface area contributed by atoms with E-state index in [9.17, 15) is 0 Å². The Balaban J connectivity index is 1.73. The Morgan fingerprint density at radius 3 is 2.62 bits per heavy atom. The smallest absolute Gasteiger partial charge is 0.180 e. The first-order valence-corrected chi connectivity index (χ1v) is 6.59. The van der Waals surface area contributed by atoms with Crippen LogP contribution in [0.3, 0.4) is 0 Å². The summed E-state index contributed by atoms with van der Waals surface area (Å²) < 4.78 is 7.42. The van der Waals surface area contributed by atoms with Crippen molar-refractivity contribution in [3.8, 4) is 28.5 Å². The number of nitrogens with zero attached hydrogens (tertiary/aromatic N) is 3. The standard InChI is InChI=1S/C16H12N4O/c1-2-15(21-11-1)16-17-9-10-20(16)13-5-3-12(4-6-13)14-7-8-18-19-14/h1-11H,(H,18,19). The molecule has 0 amide bonds. The van der Waals surface area contributed by atoms with Crippen LogP contribution in [0.5, 0.6) is 0 Å². The summed E-state index contributed by atoms with van der Waals surface area (Å²) in [7, 11) is 0. The van der Waals surface area contributed by atoms with Gasteiger partial charge in [-0.1, -0.05) is 12.1 Å². The van der Waals surface area contributed by atoms with Gasteiger partial charge in [-0.2, -0.15) is 5.10 Å². The molecule has 3 aromatic heterocycles. The molecule has 1 N–H and O–H groups in total. The van der Waals surface area contributed by atoms with Gasteiger partial charge in [0.25, 0.3) is 0 Å². The Bertz CT molecular complexity index is 827. The van der Waals surface area contributed by atoms with E-state index < -0.39 is 0 Å². The van der Waals surface area contributed by atoms with Crippen molar-refractivity contribution in [3.05, 3.63) is 67.3 Å². The van der Waals surface area contributed by atoms with E-state index in [1.807, 2.05) is 41.1 Å². The molecule has 1 aromatic carbocycles. The average Bonchev–Trinajstić information content (AvgIpc) is 3.27. The minimum atomic E-state index is 0.748. The number of hydrogen-bond donors (Lipinski definition) is 1. The van der Waals surface area contributed by atoms with Gasteiger partial charge in [0.2, 0.25) is 0 Å². The minimum absolute atomic E-state index is 0.748. The van der Waals surface area contributed by atoms with Gasteiger partial charge in [-0.05, 0) is 35.9 Å². The zero-order valence-electron chi connectivity index (χ0n) is 11.1. The van der Waals surface area contributed by atoms with Crippen molar-refractivity contribution in [2.45, 2.75) is 0 Å². The third-order valence-corrected chi connectivity index (χ3v) is 3.34. The highest BCUT2D eigenvalue weighted by atomic mass is 16.3. The van der Waals surface area contributed by atoms with Gasteiger partial charge in [-0.25, -0.2) is 4.98 Å². The van der Waals surface area contributed by atoms with E-state index >= 15 is 0 Å². The number of aromatic amines is 1. The highest BCUT2D eigenvalue weighted by Crippen LogP contribution is 2.23. The first-order valence-electron chi connectivity index (χ1n) is 6.59. The largest absolute Gasteiger partial charge is 0.461 e. The molecule has 21 heavy (non-hydrogen) atoms. The number of rotatable bonds is 3. The Kier molecular flexibility index (Phi) is 2.67. The van der Waals surface area contributed by atoms with Crippen molar-refractivity contribution >= 4 is 0 Å². The first kappa shape index (κ1) is 11.7. The lowest BCUT2D eigenvalue weighted by Gasteiger charge is -2.07. The molecule has 0 saturated heterocycles. The second kappa shape index (κ2) is 4.79. The molecule has 5 heteroatoms. The molecule has 0 fully saturated rings. The summed E-state index contributed by atoms with van der Waals surface area (Å²) in [5.41, 5.74) is 3.12. The van der Waals surface area contributed by atoms with Crippen molar-refractivity contribution in [2.24, 2.45) is 0 Å². The van der Waals surface area contributed by atoms with E-state index in [1.54, 1.807) is 18.7 Å². The maximum Gasteiger partial charge on any atom is 0.180 e. The monoisotopic (exact) mass is 276 g/mol. The van der Waals surface area contributed by atoms with Gasteiger partial charge in [-0.3, -0.25) is 9.67 Å². The SMILES string of the molecule is c1coc(-c2nccn2-c2ccc(-c3ccn[nH]3)cc2)c1. The zero-order valence-corrected chi connectivity index (χ0v) is 11.1. The quantitative estimate of drug-likeness (QED) is 0.622. The van der Waals surface area contributed by atoms with Crippen LogP contribution in [0.15, 0.2) is 71.7 Å². The summed E-state index contributed by atoms with van der Waals surface area (Å²) in [4.78, 5) is 4.36. The molecule has 0 radical (unpaired) electrons. The highest BCUT2D eigenvalue weighted by molar-refractivity contribution is 5.61. The predicted octanol–water partition coefficient (Wildman–Crippen LogP) is 3.52. The molecule has 5 nitrogen and oxygen atoms in total. The normalized spacial score (nSPS) is 10.9. The van der Waals surface area contributed by atoms with E-state index in [0.717, 1.165) is 28.5 Å². The third kappa shape index (κ3) is 2.04. The van der Waals surface area contributed by atoms with E-state index in [-0.39, 0.29) is 0 Å². The van der Waals surface area contributed by atoms with Crippen LogP contribution in [0, 0.1) is 0 Å². The Labute approximate surface area is 120 Å². The third-order valence-electron chi connectivity index (χ3n) is 3.34. The van der Waals surface area contributed by atoms with Gasteiger partial charge in [0, 0.05) is 24.3 Å². The second-order valence-electron chi connectivity index (χ2n) is 4.62. The van der Waals surface area contributed by atoms with Crippen molar-refractivity contribution in [1.29, 1.82) is 0 Å². The predicted molar refractivity (Wildman–Crippen MR) is 78.8 cm³/mol. The average molecular weight is 276 g/mol. The minimum Gasteiger partial charge on any atom is -0.461 e. The highest BCUT2D eigenvalue weighted by Gasteiger charge is 2.10. The molecule has 0 aliphatic carbocycles. The summed E-state index contributed by atoms with van der Waals surface area (Å²) in [6.45, 7) is 0. The maximum atomic E-state index is 5.43. The lowest BCUT2D eigenvalue weighted by molar-refractivity contribution is 0.576. The van der Waals surface area contributed by atoms with Crippen LogP contribution in [0.25, 0.3) is 28.5 Å². The van der Waals surface area contributed by atoms with E-state index in [0.29, 0.717) is 0 Å². The van der Waals surface area contributed by atoms with E-state index in [4.69, 9.17) is 4.42 Å². The Morgan fingerprint density at radius 1 is 1.00 bits per heavy atom. The molecule has 102 valence electrons. The number of benzene rings is 1. The maximum absolute atomic E-state index is 5.43. The summed E-state index contributed by atoms with van der Waals surface area (Å²) in [6.07, 6.45) is 7.08. The van der Waals surface area contributed by atoms with Gasteiger partial charge in [0.1, 0.15) is 0 Å². The zero-order chi connectivity index (χ0) is 14.1. The van der Waals surface area contributed by atoms with Crippen LogP contribution in [-0.2, 0) is 0 Å². The molecule has 0 spiro atoms. The van der Waals surface area contributed by atoms with Crippen molar-refractivity contribution in [1.82, 2.24) is 19.7 Å². The molecule has 4 rings (SSSR count). The molecule has 0 bridgehead atoms. The molecule has 0 unspecified atom stereocenters. The van der Waals surface area contributed by atoms with Gasteiger partial charge in [-0.15, -0.1) is 0 Å². The Morgan fingerprint density at radius 2 is 1.90 bits per heavy atom. The fraction of sp³-hybridized carbons (Fsp3) is 0. The molecule has 3 heterocycles. The molecule has 4 aromatic rings. The van der Waals surface area contributed by atoms with Crippen molar-refractivity contribution in [3.63, 3.8) is 0 Å². The molecule has 0 atom stereocenters. The number of nitrogens with one attached hydrogen (secondary N) is 1. The second-order valence-corrected chi connectivity index (χ2v) is 4.62. The fourth-order valence-electron chi connectivity index (χ4n) is 2.32. The lowest BCUT2D eigenvalue weighted by Crippen LogP contribution is -1.95. The van der Waals surface area contributed by atoms with Crippen LogP contribution in [0.1, 0.15) is 0 Å². The Hall–Kier alpha value is -3.08. The first-order chi connectivity index (χ1) is 10.4. The number of hydrogen-bond acceptors (Lipinski definition) is 3. The number of furan rings is 1. The van der Waals surface area contributed by atoms with Gasteiger partial charge >= 0.3 is 0 Å². The molecular weight excluding hydrogens is 264 g/mol. The summed E-state index contributed by atoms with van der Waals surface area (Å²) in [6, 6.07) is 13.9. The van der Waals surface area contributed by atoms with Crippen LogP contribution < -0.4 is 0 Å². The summed E-state index contributed by atoms with van der Waals surface area (Å²) in [5, 5.41) is 6.92. The van der Waals surface area contributed by atoms with Crippen molar-refractivity contribution in [2.75, 3.05) is 0 Å². The van der Waals surface area contributed by atoms with Crippen molar-refractivity contribution < 1.29 is 4.42 Å². The summed E-state index contributed by atoms with van der Waals surface area (Å²) >= 11 is 0. The number of H-pyrrole nitrogens is 1. The van der Waals surface area contributed by atoms with Crippen LogP contribution >= 0.6 is 0 Å².